The van der Waals surface area contributed by atoms with Crippen molar-refractivity contribution in [3.63, 3.8) is 0 Å². The number of imidazole rings is 1. The molecule has 122 valence electrons. The number of hydrogen-bond donors (Lipinski definition) is 1. The predicted octanol–water partition coefficient (Wildman–Crippen LogP) is 3.30. The molecular weight excluding hydrogens is 332 g/mol. The zero-order chi connectivity index (χ0) is 16.8. The Balaban J connectivity index is 1.56. The van der Waals surface area contributed by atoms with Gasteiger partial charge in [0.25, 0.3) is 0 Å². The summed E-state index contributed by atoms with van der Waals surface area (Å²) in [6, 6.07) is 12.2. The quantitative estimate of drug-likeness (QED) is 0.544. The first-order valence-electron chi connectivity index (χ1n) is 7.87. The Morgan fingerprint density at radius 2 is 2.12 bits per heavy atom. The Morgan fingerprint density at radius 1 is 1.16 bits per heavy atom. The van der Waals surface area contributed by atoms with E-state index in [0.717, 1.165) is 33.7 Å². The molecule has 5 aromatic rings. The molecule has 0 saturated carbocycles. The highest BCUT2D eigenvalue weighted by Gasteiger charge is 2.08. The molecule has 0 unspecified atom stereocenters. The van der Waals surface area contributed by atoms with Crippen LogP contribution in [0.4, 0.5) is 5.13 Å². The lowest BCUT2D eigenvalue weighted by atomic mass is 10.1. The van der Waals surface area contributed by atoms with Gasteiger partial charge < -0.3 is 10.1 Å². The maximum absolute atomic E-state index is 5.80. The van der Waals surface area contributed by atoms with Crippen molar-refractivity contribution >= 4 is 32.3 Å². The third-order valence-corrected chi connectivity index (χ3v) is 5.04. The van der Waals surface area contributed by atoms with Crippen molar-refractivity contribution in [1.29, 1.82) is 0 Å². The molecule has 0 radical (unpaired) electrons. The van der Waals surface area contributed by atoms with Gasteiger partial charge >= 0.3 is 0 Å². The van der Waals surface area contributed by atoms with Gasteiger partial charge in [-0.2, -0.15) is 5.10 Å². The standard InChI is InChI=1S/C18H14N6S/c19-18-22-15-4-2-12(9-16(15)25-18)8-14-10-20-17-5-3-13(11-23(14)17)24-7-1-6-21-24/h1-7,9-11H,8H2,(H2,19,22). The third-order valence-electron chi connectivity index (χ3n) is 4.19. The van der Waals surface area contributed by atoms with Crippen LogP contribution in [0.25, 0.3) is 21.6 Å². The number of nitrogens with zero attached hydrogens (tertiary/aromatic N) is 5. The van der Waals surface area contributed by atoms with Gasteiger partial charge in [0.15, 0.2) is 5.13 Å². The van der Waals surface area contributed by atoms with Crippen molar-refractivity contribution in [2.75, 3.05) is 5.73 Å². The van der Waals surface area contributed by atoms with Gasteiger partial charge in [0, 0.05) is 36.9 Å². The van der Waals surface area contributed by atoms with Crippen LogP contribution in [0, 0.1) is 0 Å². The first-order valence-corrected chi connectivity index (χ1v) is 8.69. The maximum atomic E-state index is 5.80. The van der Waals surface area contributed by atoms with Gasteiger partial charge in [0.05, 0.1) is 15.9 Å². The van der Waals surface area contributed by atoms with Crippen LogP contribution < -0.4 is 5.73 Å². The lowest BCUT2D eigenvalue weighted by Gasteiger charge is -2.06. The van der Waals surface area contributed by atoms with Crippen LogP contribution >= 0.6 is 11.3 Å². The second kappa shape index (κ2) is 5.42. The molecule has 7 heteroatoms. The van der Waals surface area contributed by atoms with Gasteiger partial charge in [-0.1, -0.05) is 17.4 Å². The average Bonchev–Trinajstić information content (AvgIpc) is 3.33. The van der Waals surface area contributed by atoms with Gasteiger partial charge in [-0.05, 0) is 35.9 Å². The van der Waals surface area contributed by atoms with Crippen molar-refractivity contribution in [1.82, 2.24) is 24.1 Å². The Bertz CT molecular complexity index is 1190. The van der Waals surface area contributed by atoms with Crippen LogP contribution in [0.5, 0.6) is 0 Å². The summed E-state index contributed by atoms with van der Waals surface area (Å²) in [4.78, 5) is 8.82. The number of anilines is 1. The van der Waals surface area contributed by atoms with Crippen molar-refractivity contribution in [3.8, 4) is 5.69 Å². The second-order valence-electron chi connectivity index (χ2n) is 5.85. The highest BCUT2D eigenvalue weighted by Crippen LogP contribution is 2.25. The van der Waals surface area contributed by atoms with E-state index >= 15 is 0 Å². The normalized spacial score (nSPS) is 11.5. The summed E-state index contributed by atoms with van der Waals surface area (Å²) in [6.45, 7) is 0. The van der Waals surface area contributed by atoms with Crippen molar-refractivity contribution < 1.29 is 0 Å². The largest absolute Gasteiger partial charge is 0.375 e. The number of fused-ring (bicyclic) bond motifs is 2. The van der Waals surface area contributed by atoms with E-state index in [4.69, 9.17) is 5.73 Å². The minimum absolute atomic E-state index is 0.603. The Hall–Kier alpha value is -3.19. The van der Waals surface area contributed by atoms with E-state index in [-0.39, 0.29) is 0 Å². The maximum Gasteiger partial charge on any atom is 0.181 e. The number of benzene rings is 1. The molecule has 4 heterocycles. The first kappa shape index (κ1) is 14.2. The van der Waals surface area contributed by atoms with E-state index in [1.807, 2.05) is 41.3 Å². The van der Waals surface area contributed by atoms with Crippen molar-refractivity contribution in [3.05, 3.63) is 72.4 Å². The summed E-state index contributed by atoms with van der Waals surface area (Å²) in [7, 11) is 0. The summed E-state index contributed by atoms with van der Waals surface area (Å²) in [5.41, 5.74) is 11.0. The van der Waals surface area contributed by atoms with Crippen LogP contribution in [0.2, 0.25) is 0 Å². The summed E-state index contributed by atoms with van der Waals surface area (Å²) in [5.74, 6) is 0. The fourth-order valence-electron chi connectivity index (χ4n) is 3.01. The average molecular weight is 346 g/mol. The highest BCUT2D eigenvalue weighted by atomic mass is 32.1. The lowest BCUT2D eigenvalue weighted by Crippen LogP contribution is -1.99. The lowest BCUT2D eigenvalue weighted by molar-refractivity contribution is 0.865. The number of aromatic nitrogens is 5. The summed E-state index contributed by atoms with van der Waals surface area (Å²) < 4.78 is 5.07. The van der Waals surface area contributed by atoms with E-state index in [9.17, 15) is 0 Å². The molecule has 2 N–H and O–H groups in total. The molecule has 0 bridgehead atoms. The Labute approximate surface area is 147 Å². The third kappa shape index (κ3) is 2.45. The summed E-state index contributed by atoms with van der Waals surface area (Å²) >= 11 is 1.52. The molecule has 0 atom stereocenters. The number of nitrogen functional groups attached to an aromatic ring is 1. The number of nitrogens with two attached hydrogens (primary N) is 1. The SMILES string of the molecule is Nc1nc2ccc(Cc3cnc4ccc(-n5cccn5)cn34)cc2s1. The van der Waals surface area contributed by atoms with E-state index in [0.29, 0.717) is 5.13 Å². The first-order chi connectivity index (χ1) is 12.3. The topological polar surface area (TPSA) is 74.0 Å². The van der Waals surface area contributed by atoms with Gasteiger partial charge in [0.2, 0.25) is 0 Å². The number of thiazole rings is 1. The zero-order valence-electron chi connectivity index (χ0n) is 13.2. The molecule has 0 aliphatic carbocycles. The molecule has 5 rings (SSSR count). The van der Waals surface area contributed by atoms with Crippen LogP contribution in [-0.2, 0) is 6.42 Å². The van der Waals surface area contributed by atoms with Gasteiger partial charge in [-0.3, -0.25) is 0 Å². The van der Waals surface area contributed by atoms with Crippen LogP contribution in [0.3, 0.4) is 0 Å². The van der Waals surface area contributed by atoms with Gasteiger partial charge in [-0.25, -0.2) is 14.6 Å². The second-order valence-corrected chi connectivity index (χ2v) is 6.91. The molecule has 4 aromatic heterocycles. The van der Waals surface area contributed by atoms with Crippen LogP contribution in [0.1, 0.15) is 11.3 Å². The molecular formula is C18H14N6S. The van der Waals surface area contributed by atoms with Crippen molar-refractivity contribution in [2.24, 2.45) is 0 Å². The number of hydrogen-bond acceptors (Lipinski definition) is 5. The zero-order valence-corrected chi connectivity index (χ0v) is 14.0. The van der Waals surface area contributed by atoms with E-state index < -0.39 is 0 Å². The highest BCUT2D eigenvalue weighted by molar-refractivity contribution is 7.22. The van der Waals surface area contributed by atoms with Crippen LogP contribution in [-0.4, -0.2) is 24.1 Å². The summed E-state index contributed by atoms with van der Waals surface area (Å²) in [5, 5.41) is 4.90. The molecule has 6 nitrogen and oxygen atoms in total. The molecule has 0 saturated heterocycles. The molecule has 1 aromatic carbocycles. The molecule has 0 spiro atoms. The minimum Gasteiger partial charge on any atom is -0.375 e. The Morgan fingerprint density at radius 3 is 3.00 bits per heavy atom. The molecule has 0 aliphatic rings. The van der Waals surface area contributed by atoms with E-state index in [1.165, 1.54) is 16.9 Å². The van der Waals surface area contributed by atoms with Crippen molar-refractivity contribution in [2.45, 2.75) is 6.42 Å². The monoisotopic (exact) mass is 346 g/mol. The fraction of sp³-hybridized carbons (Fsp3) is 0.0556. The molecule has 0 aliphatic heterocycles. The summed E-state index contributed by atoms with van der Waals surface area (Å²) in [6.07, 6.45) is 8.48. The minimum atomic E-state index is 0.603. The van der Waals surface area contributed by atoms with E-state index in [1.54, 1.807) is 6.20 Å². The number of pyridine rings is 1. The van der Waals surface area contributed by atoms with Gasteiger partial charge in [0.1, 0.15) is 5.65 Å². The Kier molecular flexibility index (Phi) is 3.07. The number of rotatable bonds is 3. The molecule has 0 amide bonds. The fourth-order valence-corrected chi connectivity index (χ4v) is 3.81. The van der Waals surface area contributed by atoms with E-state index in [2.05, 4.69) is 37.8 Å². The smallest absolute Gasteiger partial charge is 0.181 e. The molecule has 25 heavy (non-hydrogen) atoms. The van der Waals surface area contributed by atoms with Crippen LogP contribution in [0.15, 0.2) is 61.2 Å². The molecule has 0 fully saturated rings. The predicted molar refractivity (Wildman–Crippen MR) is 99.2 cm³/mol. The van der Waals surface area contributed by atoms with Gasteiger partial charge in [-0.15, -0.1) is 0 Å².